The summed E-state index contributed by atoms with van der Waals surface area (Å²) in [7, 11) is 1.62. The number of hydrogen-bond acceptors (Lipinski definition) is 3. The van der Waals surface area contributed by atoms with Crippen molar-refractivity contribution < 1.29 is 9.53 Å². The Kier molecular flexibility index (Phi) is 4.93. The summed E-state index contributed by atoms with van der Waals surface area (Å²) in [5.41, 5.74) is 4.31. The van der Waals surface area contributed by atoms with Crippen LogP contribution in [-0.2, 0) is 12.8 Å². The molecule has 1 aliphatic heterocycles. The van der Waals surface area contributed by atoms with E-state index in [2.05, 4.69) is 22.3 Å². The van der Waals surface area contributed by atoms with Gasteiger partial charge < -0.3 is 10.1 Å². The van der Waals surface area contributed by atoms with Gasteiger partial charge in [-0.05, 0) is 73.2 Å². The molecule has 0 aromatic heterocycles. The zero-order valence-corrected chi connectivity index (χ0v) is 15.3. The summed E-state index contributed by atoms with van der Waals surface area (Å²) >= 11 is 0. The molecule has 0 saturated heterocycles. The molecular weight excluding hydrogens is 324 g/mol. The molecule has 1 heterocycles. The van der Waals surface area contributed by atoms with Gasteiger partial charge in [-0.2, -0.15) is 0 Å². The highest BCUT2D eigenvalue weighted by Crippen LogP contribution is 2.28. The number of nitrogens with one attached hydrogen (secondary N) is 1. The van der Waals surface area contributed by atoms with Crippen molar-refractivity contribution in [2.45, 2.75) is 38.1 Å². The molecule has 0 spiro atoms. The first kappa shape index (κ1) is 17.1. The van der Waals surface area contributed by atoms with E-state index < -0.39 is 0 Å². The van der Waals surface area contributed by atoms with Crippen LogP contribution in [0.15, 0.2) is 42.5 Å². The summed E-state index contributed by atoms with van der Waals surface area (Å²) in [4.78, 5) is 15.1. The number of ether oxygens (including phenoxy) is 1. The second-order valence-corrected chi connectivity index (χ2v) is 7.29. The quantitative estimate of drug-likeness (QED) is 0.909. The second-order valence-electron chi connectivity index (χ2n) is 7.29. The average Bonchev–Trinajstić information content (AvgIpc) is 2.83. The van der Waals surface area contributed by atoms with Crippen LogP contribution in [0.2, 0.25) is 0 Å². The van der Waals surface area contributed by atoms with Crippen molar-refractivity contribution in [1.82, 2.24) is 4.90 Å². The predicted octanol–water partition coefficient (Wildman–Crippen LogP) is 3.90. The molecule has 0 radical (unpaired) electrons. The maximum Gasteiger partial charge on any atom is 0.255 e. The Labute approximate surface area is 155 Å². The summed E-state index contributed by atoms with van der Waals surface area (Å²) in [6.45, 7) is 2.29. The van der Waals surface area contributed by atoms with Crippen molar-refractivity contribution in [2.24, 2.45) is 0 Å². The SMILES string of the molecule is COc1ccc(C(=O)Nc2ccc3c(c2)CCN(C2CCC2)CC3)cc1. The van der Waals surface area contributed by atoms with E-state index in [1.807, 2.05) is 6.07 Å². The fourth-order valence-corrected chi connectivity index (χ4v) is 3.88. The van der Waals surface area contributed by atoms with Crippen LogP contribution < -0.4 is 10.1 Å². The zero-order chi connectivity index (χ0) is 17.9. The highest BCUT2D eigenvalue weighted by molar-refractivity contribution is 6.04. The maximum atomic E-state index is 12.5. The lowest BCUT2D eigenvalue weighted by molar-refractivity contribution is 0.102. The molecule has 0 bridgehead atoms. The topological polar surface area (TPSA) is 41.6 Å². The second kappa shape index (κ2) is 7.50. The van der Waals surface area contributed by atoms with E-state index in [0.29, 0.717) is 5.56 Å². The lowest BCUT2D eigenvalue weighted by atomic mass is 9.91. The van der Waals surface area contributed by atoms with Gasteiger partial charge in [0.25, 0.3) is 5.91 Å². The summed E-state index contributed by atoms with van der Waals surface area (Å²) in [5.74, 6) is 0.667. The Bertz CT molecular complexity index is 781. The van der Waals surface area contributed by atoms with Gasteiger partial charge in [-0.25, -0.2) is 0 Å². The van der Waals surface area contributed by atoms with Gasteiger partial charge in [0.15, 0.2) is 0 Å². The molecule has 0 atom stereocenters. The number of nitrogens with zero attached hydrogens (tertiary/aromatic N) is 1. The maximum absolute atomic E-state index is 12.5. The van der Waals surface area contributed by atoms with Gasteiger partial charge >= 0.3 is 0 Å². The fourth-order valence-electron chi connectivity index (χ4n) is 3.88. The molecule has 4 nitrogen and oxygen atoms in total. The Morgan fingerprint density at radius 1 is 1.04 bits per heavy atom. The van der Waals surface area contributed by atoms with Gasteiger partial charge in [-0.3, -0.25) is 9.69 Å². The number of methoxy groups -OCH3 is 1. The monoisotopic (exact) mass is 350 g/mol. The number of benzene rings is 2. The van der Waals surface area contributed by atoms with Crippen molar-refractivity contribution in [3.05, 3.63) is 59.2 Å². The van der Waals surface area contributed by atoms with E-state index in [-0.39, 0.29) is 5.91 Å². The van der Waals surface area contributed by atoms with Gasteiger partial charge in [-0.1, -0.05) is 12.5 Å². The van der Waals surface area contributed by atoms with E-state index in [4.69, 9.17) is 4.74 Å². The molecule has 4 heteroatoms. The Balaban J connectivity index is 1.43. The van der Waals surface area contributed by atoms with Gasteiger partial charge in [-0.15, -0.1) is 0 Å². The lowest BCUT2D eigenvalue weighted by Gasteiger charge is -2.36. The molecule has 1 saturated carbocycles. The van der Waals surface area contributed by atoms with Crippen molar-refractivity contribution in [2.75, 3.05) is 25.5 Å². The van der Waals surface area contributed by atoms with Crippen LogP contribution in [0.25, 0.3) is 0 Å². The minimum atomic E-state index is -0.0858. The molecule has 1 N–H and O–H groups in total. The number of hydrogen-bond donors (Lipinski definition) is 1. The van der Waals surface area contributed by atoms with E-state index in [1.54, 1.807) is 31.4 Å². The summed E-state index contributed by atoms with van der Waals surface area (Å²) < 4.78 is 5.14. The lowest BCUT2D eigenvalue weighted by Crippen LogP contribution is -2.41. The number of carbonyl (C=O) groups excluding carboxylic acids is 1. The average molecular weight is 350 g/mol. The zero-order valence-electron chi connectivity index (χ0n) is 15.3. The van der Waals surface area contributed by atoms with E-state index in [9.17, 15) is 4.79 Å². The highest BCUT2D eigenvalue weighted by atomic mass is 16.5. The third kappa shape index (κ3) is 3.61. The molecule has 2 aliphatic rings. The van der Waals surface area contributed by atoms with Crippen LogP contribution in [0.1, 0.15) is 40.7 Å². The largest absolute Gasteiger partial charge is 0.497 e. The molecule has 26 heavy (non-hydrogen) atoms. The molecule has 4 rings (SSSR count). The Morgan fingerprint density at radius 2 is 1.77 bits per heavy atom. The van der Waals surface area contributed by atoms with Crippen molar-refractivity contribution in [1.29, 1.82) is 0 Å². The minimum absolute atomic E-state index is 0.0858. The molecular formula is C22H26N2O2. The predicted molar refractivity (Wildman–Crippen MR) is 104 cm³/mol. The molecule has 2 aromatic rings. The van der Waals surface area contributed by atoms with E-state index in [0.717, 1.165) is 43.4 Å². The number of fused-ring (bicyclic) bond motifs is 1. The molecule has 2 aromatic carbocycles. The number of amides is 1. The third-order valence-corrected chi connectivity index (χ3v) is 5.74. The number of carbonyl (C=O) groups is 1. The first-order chi connectivity index (χ1) is 12.7. The Morgan fingerprint density at radius 3 is 2.42 bits per heavy atom. The third-order valence-electron chi connectivity index (χ3n) is 5.74. The summed E-state index contributed by atoms with van der Waals surface area (Å²) in [6, 6.07) is 14.4. The minimum Gasteiger partial charge on any atom is -0.497 e. The fraction of sp³-hybridized carbons (Fsp3) is 0.409. The molecule has 136 valence electrons. The van der Waals surface area contributed by atoms with Gasteiger partial charge in [0.05, 0.1) is 7.11 Å². The summed E-state index contributed by atoms with van der Waals surface area (Å²) in [5, 5.41) is 3.03. The van der Waals surface area contributed by atoms with Gasteiger partial charge in [0.1, 0.15) is 5.75 Å². The molecule has 1 fully saturated rings. The van der Waals surface area contributed by atoms with Crippen molar-refractivity contribution in [3.63, 3.8) is 0 Å². The van der Waals surface area contributed by atoms with Crippen LogP contribution in [0.5, 0.6) is 5.75 Å². The molecule has 1 amide bonds. The van der Waals surface area contributed by atoms with Crippen molar-refractivity contribution >= 4 is 11.6 Å². The summed E-state index contributed by atoms with van der Waals surface area (Å²) in [6.07, 6.45) is 6.28. The van der Waals surface area contributed by atoms with Crippen LogP contribution in [0.4, 0.5) is 5.69 Å². The Hall–Kier alpha value is -2.33. The normalized spacial score (nSPS) is 17.7. The van der Waals surface area contributed by atoms with Gasteiger partial charge in [0.2, 0.25) is 0 Å². The van der Waals surface area contributed by atoms with Crippen molar-refractivity contribution in [3.8, 4) is 5.75 Å². The smallest absolute Gasteiger partial charge is 0.255 e. The highest BCUT2D eigenvalue weighted by Gasteiger charge is 2.26. The number of anilines is 1. The first-order valence-corrected chi connectivity index (χ1v) is 9.54. The van der Waals surface area contributed by atoms with Gasteiger partial charge in [0, 0.05) is 30.4 Å². The van der Waals surface area contributed by atoms with Crippen LogP contribution in [0.3, 0.4) is 0 Å². The van der Waals surface area contributed by atoms with E-state index in [1.165, 1.54) is 30.4 Å². The number of rotatable bonds is 4. The first-order valence-electron chi connectivity index (χ1n) is 9.54. The molecule has 1 aliphatic carbocycles. The van der Waals surface area contributed by atoms with E-state index >= 15 is 0 Å². The van der Waals surface area contributed by atoms with Crippen LogP contribution >= 0.6 is 0 Å². The standard InChI is InChI=1S/C22H26N2O2/c1-26-21-9-6-17(7-10-21)22(25)23-19-8-5-16-11-13-24(20-3-2-4-20)14-12-18(16)15-19/h5-10,15,20H,2-4,11-14H2,1H3,(H,23,25). The molecule has 0 unspecified atom stereocenters. The van der Waals surface area contributed by atoms with Crippen LogP contribution in [0, 0.1) is 0 Å². The van der Waals surface area contributed by atoms with Crippen LogP contribution in [-0.4, -0.2) is 37.0 Å².